The Kier molecular flexibility index (Phi) is 2.71. The second kappa shape index (κ2) is 4.38. The summed E-state index contributed by atoms with van der Waals surface area (Å²) in [7, 11) is 0. The normalized spacial score (nSPS) is 11.0. The van der Waals surface area contributed by atoms with E-state index in [9.17, 15) is 4.39 Å². The van der Waals surface area contributed by atoms with Crippen LogP contribution in [0.4, 0.5) is 9.52 Å². The van der Waals surface area contributed by atoms with E-state index in [1.807, 2.05) is 13.0 Å². The first-order chi connectivity index (χ1) is 8.70. The van der Waals surface area contributed by atoms with Crippen molar-refractivity contribution in [1.82, 2.24) is 10.1 Å². The molecule has 18 heavy (non-hydrogen) atoms. The summed E-state index contributed by atoms with van der Waals surface area (Å²) in [6.07, 6.45) is 0. The third-order valence-corrected chi connectivity index (χ3v) is 3.43. The number of aryl methyl sites for hydroxylation is 1. The van der Waals surface area contributed by atoms with Crippen LogP contribution in [0.3, 0.4) is 0 Å². The fourth-order valence-electron chi connectivity index (χ4n) is 1.64. The molecule has 0 atom stereocenters. The first-order valence-electron chi connectivity index (χ1n) is 5.43. The van der Waals surface area contributed by atoms with Gasteiger partial charge in [-0.15, -0.1) is 0 Å². The minimum Gasteiger partial charge on any atom is -0.359 e. The molecule has 0 fully saturated rings. The molecule has 0 radical (unpaired) electrons. The van der Waals surface area contributed by atoms with E-state index in [0.717, 1.165) is 21.3 Å². The second-order valence-corrected chi connectivity index (χ2v) is 4.95. The van der Waals surface area contributed by atoms with E-state index in [1.165, 1.54) is 23.5 Å². The van der Waals surface area contributed by atoms with Crippen molar-refractivity contribution in [3.63, 3.8) is 0 Å². The Hall–Kier alpha value is -1.95. The molecule has 0 amide bonds. The van der Waals surface area contributed by atoms with Crippen LogP contribution in [-0.2, 0) is 6.54 Å². The number of fused-ring (bicyclic) bond motifs is 1. The van der Waals surface area contributed by atoms with Gasteiger partial charge in [0.1, 0.15) is 5.82 Å². The van der Waals surface area contributed by atoms with Crippen LogP contribution in [0.15, 0.2) is 28.8 Å². The number of nitrogens with zero attached hydrogens (tertiary/aromatic N) is 2. The Labute approximate surface area is 106 Å². The molecular formula is C12H10FN3OS. The van der Waals surface area contributed by atoms with Crippen LogP contribution in [0.2, 0.25) is 0 Å². The van der Waals surface area contributed by atoms with E-state index in [-0.39, 0.29) is 5.82 Å². The number of hydrogen-bond donors (Lipinski definition) is 1. The van der Waals surface area contributed by atoms with Crippen LogP contribution in [0, 0.1) is 12.7 Å². The molecule has 0 aliphatic carbocycles. The number of halogens is 1. The minimum atomic E-state index is -0.273. The third-order valence-electron chi connectivity index (χ3n) is 2.44. The molecule has 4 nitrogen and oxygen atoms in total. The van der Waals surface area contributed by atoms with Crippen LogP contribution in [-0.4, -0.2) is 10.1 Å². The topological polar surface area (TPSA) is 51.0 Å². The molecule has 3 rings (SSSR count). The van der Waals surface area contributed by atoms with Crippen LogP contribution >= 0.6 is 11.3 Å². The fourth-order valence-corrected chi connectivity index (χ4v) is 2.48. The Balaban J connectivity index is 1.78. The summed E-state index contributed by atoms with van der Waals surface area (Å²) in [5, 5.41) is 7.68. The molecule has 2 heterocycles. The summed E-state index contributed by atoms with van der Waals surface area (Å²) in [4.78, 5) is 4.30. The Morgan fingerprint density at radius 2 is 2.28 bits per heavy atom. The monoisotopic (exact) mass is 263 g/mol. The molecule has 0 saturated carbocycles. The number of benzene rings is 1. The average Bonchev–Trinajstić information content (AvgIpc) is 2.92. The Morgan fingerprint density at radius 3 is 3.06 bits per heavy atom. The van der Waals surface area contributed by atoms with Crippen LogP contribution in [0.5, 0.6) is 0 Å². The van der Waals surface area contributed by atoms with Gasteiger partial charge in [-0.1, -0.05) is 16.5 Å². The quantitative estimate of drug-likeness (QED) is 0.787. The smallest absolute Gasteiger partial charge is 0.184 e. The Bertz CT molecular complexity index is 692. The number of thiazole rings is 1. The van der Waals surface area contributed by atoms with Gasteiger partial charge in [-0.25, -0.2) is 9.37 Å². The standard InChI is InChI=1S/C12H10FN3OS/c1-7-4-9(17-16-7)6-14-12-15-10-5-8(13)2-3-11(10)18-12/h2-5H,6H2,1H3,(H,14,15). The molecule has 0 spiro atoms. The van der Waals surface area contributed by atoms with Gasteiger partial charge in [-0.05, 0) is 19.1 Å². The van der Waals surface area contributed by atoms with Gasteiger partial charge in [0.25, 0.3) is 0 Å². The summed E-state index contributed by atoms with van der Waals surface area (Å²) in [5.74, 6) is 0.475. The highest BCUT2D eigenvalue weighted by Gasteiger charge is 2.06. The first kappa shape index (κ1) is 11.2. The van der Waals surface area contributed by atoms with Gasteiger partial charge in [0, 0.05) is 12.1 Å². The number of anilines is 1. The van der Waals surface area contributed by atoms with E-state index in [2.05, 4.69) is 15.5 Å². The SMILES string of the molecule is Cc1cc(CNc2nc3cc(F)ccc3s2)on1. The van der Waals surface area contributed by atoms with Gasteiger partial charge in [0.15, 0.2) is 10.9 Å². The van der Waals surface area contributed by atoms with Gasteiger partial charge in [-0.2, -0.15) is 0 Å². The van der Waals surface area contributed by atoms with E-state index in [1.54, 1.807) is 6.07 Å². The molecule has 92 valence electrons. The predicted molar refractivity (Wildman–Crippen MR) is 68.1 cm³/mol. The number of aromatic nitrogens is 2. The summed E-state index contributed by atoms with van der Waals surface area (Å²) < 4.78 is 19.1. The van der Waals surface area contributed by atoms with Crippen LogP contribution in [0.25, 0.3) is 10.2 Å². The predicted octanol–water partition coefficient (Wildman–Crippen LogP) is 3.34. The molecule has 1 aromatic carbocycles. The molecular weight excluding hydrogens is 253 g/mol. The zero-order valence-corrected chi connectivity index (χ0v) is 10.4. The lowest BCUT2D eigenvalue weighted by molar-refractivity contribution is 0.384. The first-order valence-corrected chi connectivity index (χ1v) is 6.24. The molecule has 0 aliphatic heterocycles. The maximum absolute atomic E-state index is 13.0. The highest BCUT2D eigenvalue weighted by Crippen LogP contribution is 2.26. The van der Waals surface area contributed by atoms with Gasteiger partial charge >= 0.3 is 0 Å². The second-order valence-electron chi connectivity index (χ2n) is 3.92. The van der Waals surface area contributed by atoms with E-state index in [4.69, 9.17) is 4.52 Å². The molecule has 0 aliphatic rings. The van der Waals surface area contributed by atoms with Crippen LogP contribution < -0.4 is 5.32 Å². The van der Waals surface area contributed by atoms with E-state index < -0.39 is 0 Å². The lowest BCUT2D eigenvalue weighted by Crippen LogP contribution is -1.96. The van der Waals surface area contributed by atoms with Crippen molar-refractivity contribution in [2.45, 2.75) is 13.5 Å². The number of hydrogen-bond acceptors (Lipinski definition) is 5. The summed E-state index contributed by atoms with van der Waals surface area (Å²) in [6.45, 7) is 2.39. The summed E-state index contributed by atoms with van der Waals surface area (Å²) in [6, 6.07) is 6.45. The molecule has 0 saturated heterocycles. The van der Waals surface area contributed by atoms with Crippen molar-refractivity contribution < 1.29 is 8.91 Å². The van der Waals surface area contributed by atoms with Crippen LogP contribution in [0.1, 0.15) is 11.5 Å². The van der Waals surface area contributed by atoms with Gasteiger partial charge < -0.3 is 9.84 Å². The molecule has 3 aromatic rings. The highest BCUT2D eigenvalue weighted by molar-refractivity contribution is 7.22. The number of rotatable bonds is 3. The molecule has 0 unspecified atom stereocenters. The Morgan fingerprint density at radius 1 is 1.39 bits per heavy atom. The van der Waals surface area contributed by atoms with Crippen molar-refractivity contribution in [1.29, 1.82) is 0 Å². The van der Waals surface area contributed by atoms with Crippen molar-refractivity contribution >= 4 is 26.7 Å². The molecule has 0 bridgehead atoms. The lowest BCUT2D eigenvalue weighted by atomic mass is 10.3. The molecule has 1 N–H and O–H groups in total. The number of nitrogens with one attached hydrogen (secondary N) is 1. The summed E-state index contributed by atoms with van der Waals surface area (Å²) >= 11 is 1.48. The average molecular weight is 263 g/mol. The van der Waals surface area contributed by atoms with Crippen molar-refractivity contribution in [3.05, 3.63) is 41.5 Å². The maximum atomic E-state index is 13.0. The molecule has 6 heteroatoms. The van der Waals surface area contributed by atoms with E-state index in [0.29, 0.717) is 12.1 Å². The third kappa shape index (κ3) is 2.19. The van der Waals surface area contributed by atoms with Gasteiger partial charge in [-0.3, -0.25) is 0 Å². The van der Waals surface area contributed by atoms with E-state index >= 15 is 0 Å². The highest BCUT2D eigenvalue weighted by atomic mass is 32.1. The van der Waals surface area contributed by atoms with Crippen molar-refractivity contribution in [2.24, 2.45) is 0 Å². The van der Waals surface area contributed by atoms with Crippen molar-refractivity contribution in [2.75, 3.05) is 5.32 Å². The summed E-state index contributed by atoms with van der Waals surface area (Å²) in [5.41, 5.74) is 1.51. The van der Waals surface area contributed by atoms with Gasteiger partial charge in [0.2, 0.25) is 0 Å². The fraction of sp³-hybridized carbons (Fsp3) is 0.167. The largest absolute Gasteiger partial charge is 0.359 e. The maximum Gasteiger partial charge on any atom is 0.184 e. The molecule has 2 aromatic heterocycles. The van der Waals surface area contributed by atoms with Crippen molar-refractivity contribution in [3.8, 4) is 0 Å². The zero-order chi connectivity index (χ0) is 12.5. The zero-order valence-electron chi connectivity index (χ0n) is 9.61. The minimum absolute atomic E-state index is 0.273. The lowest BCUT2D eigenvalue weighted by Gasteiger charge is -1.96. The van der Waals surface area contributed by atoms with Gasteiger partial charge in [0.05, 0.1) is 22.5 Å².